The highest BCUT2D eigenvalue weighted by Crippen LogP contribution is 2.56. The van der Waals surface area contributed by atoms with Crippen molar-refractivity contribution in [2.75, 3.05) is 13.2 Å². The monoisotopic (exact) mass is 375 g/mol. The number of fused-ring (bicyclic) bond motifs is 5. The van der Waals surface area contributed by atoms with Crippen LogP contribution in [0.25, 0.3) is 0 Å². The lowest BCUT2D eigenvalue weighted by atomic mass is 9.81. The van der Waals surface area contributed by atoms with Crippen LogP contribution >= 0.6 is 11.6 Å². The second-order valence-electron chi connectivity index (χ2n) is 7.24. The van der Waals surface area contributed by atoms with Gasteiger partial charge in [-0.15, -0.1) is 0 Å². The van der Waals surface area contributed by atoms with Crippen molar-refractivity contribution in [1.29, 1.82) is 0 Å². The highest BCUT2D eigenvalue weighted by atomic mass is 35.5. The van der Waals surface area contributed by atoms with Gasteiger partial charge in [-0.1, -0.05) is 11.6 Å². The maximum atomic E-state index is 12.5. The maximum Gasteiger partial charge on any atom is 0.326 e. The summed E-state index contributed by atoms with van der Waals surface area (Å²) < 4.78 is 4.97. The Morgan fingerprint density at radius 3 is 2.19 bits per heavy atom. The van der Waals surface area contributed by atoms with Gasteiger partial charge in [0.25, 0.3) is 0 Å². The highest BCUT2D eigenvalue weighted by molar-refractivity contribution is 6.30. The van der Waals surface area contributed by atoms with Gasteiger partial charge < -0.3 is 4.74 Å². The molecule has 3 fully saturated rings. The van der Waals surface area contributed by atoms with E-state index in [4.69, 9.17) is 16.3 Å². The maximum absolute atomic E-state index is 12.5. The summed E-state index contributed by atoms with van der Waals surface area (Å²) in [5, 5.41) is 0.504. The molecule has 26 heavy (non-hydrogen) atoms. The molecular weight excluding hydrogens is 358 g/mol. The fraction of sp³-hybridized carbons (Fsp3) is 0.474. The zero-order chi connectivity index (χ0) is 18.4. The molecule has 3 aliphatic rings. The summed E-state index contributed by atoms with van der Waals surface area (Å²) >= 11 is 5.77. The Morgan fingerprint density at radius 1 is 1.04 bits per heavy atom. The van der Waals surface area contributed by atoms with Gasteiger partial charge in [-0.3, -0.25) is 24.1 Å². The number of hydrogen-bond donors (Lipinski definition) is 0. The molecule has 0 spiro atoms. The summed E-state index contributed by atoms with van der Waals surface area (Å²) in [5.41, 5.74) is 0.377. The molecule has 1 aromatic carbocycles. The molecule has 1 aliphatic heterocycles. The van der Waals surface area contributed by atoms with E-state index in [-0.39, 0.29) is 41.3 Å². The van der Waals surface area contributed by atoms with E-state index in [0.717, 1.165) is 24.2 Å². The minimum absolute atomic E-state index is 0.256. The Hall–Kier alpha value is -2.21. The molecule has 0 radical (unpaired) electrons. The number of ketones is 1. The topological polar surface area (TPSA) is 80.8 Å². The van der Waals surface area contributed by atoms with Crippen molar-refractivity contribution in [3.8, 4) is 0 Å². The molecule has 2 amide bonds. The number of halogens is 1. The number of amides is 2. The second-order valence-corrected chi connectivity index (χ2v) is 7.67. The van der Waals surface area contributed by atoms with Crippen LogP contribution in [0.4, 0.5) is 0 Å². The van der Waals surface area contributed by atoms with Crippen LogP contribution in [0.5, 0.6) is 0 Å². The van der Waals surface area contributed by atoms with E-state index in [1.165, 1.54) is 0 Å². The number of imide groups is 1. The van der Waals surface area contributed by atoms with E-state index in [0.29, 0.717) is 10.6 Å². The van der Waals surface area contributed by atoms with Crippen LogP contribution in [-0.2, 0) is 19.1 Å². The summed E-state index contributed by atoms with van der Waals surface area (Å²) in [4.78, 5) is 50.1. The van der Waals surface area contributed by atoms with Gasteiger partial charge in [0.2, 0.25) is 11.8 Å². The molecule has 0 N–H and O–H groups in total. The van der Waals surface area contributed by atoms with Gasteiger partial charge in [-0.05, 0) is 55.4 Å². The smallest absolute Gasteiger partial charge is 0.326 e. The van der Waals surface area contributed by atoms with Gasteiger partial charge in [0.15, 0.2) is 12.4 Å². The number of ether oxygens (including phenoxy) is 1. The van der Waals surface area contributed by atoms with E-state index < -0.39 is 19.1 Å². The number of carbonyl (C=O) groups excluding carboxylic acids is 4. The van der Waals surface area contributed by atoms with Crippen molar-refractivity contribution < 1.29 is 23.9 Å². The Balaban J connectivity index is 1.34. The van der Waals surface area contributed by atoms with Crippen LogP contribution < -0.4 is 0 Å². The summed E-state index contributed by atoms with van der Waals surface area (Å²) in [5.74, 6) is -1.61. The molecule has 2 bridgehead atoms. The van der Waals surface area contributed by atoms with E-state index in [1.807, 2.05) is 0 Å². The number of likely N-dealkylation sites (tertiary alicyclic amines) is 1. The van der Waals surface area contributed by atoms with Crippen molar-refractivity contribution in [1.82, 2.24) is 4.90 Å². The average molecular weight is 376 g/mol. The van der Waals surface area contributed by atoms with Crippen molar-refractivity contribution in [2.24, 2.45) is 23.7 Å². The first-order valence-electron chi connectivity index (χ1n) is 8.75. The standard InChI is InChI=1S/C19H18ClNO5/c20-13-5-3-10(4-6-13)14(22)9-26-15(23)8-21-18(24)16-11-1-2-12(7-11)17(16)19(21)25/h3-6,11-12,16-17H,1-2,7-9H2/t11-,12-,16+,17+/m1/s1. The van der Waals surface area contributed by atoms with E-state index in [9.17, 15) is 19.2 Å². The molecule has 4 atom stereocenters. The fourth-order valence-electron chi connectivity index (χ4n) is 4.67. The average Bonchev–Trinajstić information content (AvgIpc) is 3.30. The first kappa shape index (κ1) is 17.2. The number of rotatable bonds is 5. The van der Waals surface area contributed by atoms with Crippen LogP contribution in [0.2, 0.25) is 5.02 Å². The van der Waals surface area contributed by atoms with Crippen LogP contribution in [0.3, 0.4) is 0 Å². The fourth-order valence-corrected chi connectivity index (χ4v) is 4.79. The summed E-state index contributed by atoms with van der Waals surface area (Å²) in [6, 6.07) is 6.24. The molecule has 2 saturated carbocycles. The van der Waals surface area contributed by atoms with E-state index in [2.05, 4.69) is 0 Å². The van der Waals surface area contributed by atoms with Crippen LogP contribution in [0.1, 0.15) is 29.6 Å². The van der Waals surface area contributed by atoms with Crippen molar-refractivity contribution in [2.45, 2.75) is 19.3 Å². The van der Waals surface area contributed by atoms with E-state index in [1.54, 1.807) is 24.3 Å². The third-order valence-corrected chi connectivity index (χ3v) is 6.09. The zero-order valence-electron chi connectivity index (χ0n) is 14.0. The first-order valence-corrected chi connectivity index (χ1v) is 9.13. The predicted molar refractivity (Wildman–Crippen MR) is 91.3 cm³/mol. The normalized spacial score (nSPS) is 29.2. The number of nitrogens with zero attached hydrogens (tertiary/aromatic N) is 1. The Labute approximate surface area is 155 Å². The van der Waals surface area contributed by atoms with Crippen LogP contribution in [0, 0.1) is 23.7 Å². The third-order valence-electron chi connectivity index (χ3n) is 5.84. The molecule has 1 saturated heterocycles. The number of benzene rings is 1. The minimum Gasteiger partial charge on any atom is -0.456 e. The van der Waals surface area contributed by atoms with Gasteiger partial charge in [-0.2, -0.15) is 0 Å². The predicted octanol–water partition coefficient (Wildman–Crippen LogP) is 2.10. The van der Waals surface area contributed by atoms with Gasteiger partial charge in [0, 0.05) is 10.6 Å². The molecule has 2 aliphatic carbocycles. The number of hydrogen-bond acceptors (Lipinski definition) is 5. The lowest BCUT2D eigenvalue weighted by Crippen LogP contribution is -2.38. The molecular formula is C19H18ClNO5. The minimum atomic E-state index is -0.749. The van der Waals surface area contributed by atoms with Crippen LogP contribution in [-0.4, -0.2) is 41.6 Å². The summed E-state index contributed by atoms with van der Waals surface area (Å²) in [6.07, 6.45) is 2.91. The SMILES string of the molecule is O=C(CN1C(=O)[C@H]2[C@@H]3CC[C@H](C3)[C@@H]2C1=O)OCC(=O)c1ccc(Cl)cc1. The number of esters is 1. The Kier molecular flexibility index (Phi) is 4.31. The lowest BCUT2D eigenvalue weighted by molar-refractivity contribution is -0.152. The van der Waals surface area contributed by atoms with Gasteiger partial charge in [-0.25, -0.2) is 0 Å². The van der Waals surface area contributed by atoms with Crippen molar-refractivity contribution in [3.05, 3.63) is 34.9 Å². The molecule has 4 rings (SSSR count). The Morgan fingerprint density at radius 2 is 1.62 bits per heavy atom. The van der Waals surface area contributed by atoms with Crippen molar-refractivity contribution >= 4 is 35.2 Å². The number of Topliss-reactive ketones (excluding diaryl/α,β-unsaturated/α-hetero) is 1. The Bertz CT molecular complexity index is 762. The summed E-state index contributed by atoms with van der Waals surface area (Å²) in [6.45, 7) is -0.854. The largest absolute Gasteiger partial charge is 0.456 e. The lowest BCUT2D eigenvalue weighted by Gasteiger charge is -2.19. The van der Waals surface area contributed by atoms with Crippen LogP contribution in [0.15, 0.2) is 24.3 Å². The molecule has 1 heterocycles. The second kappa shape index (κ2) is 6.50. The quantitative estimate of drug-likeness (QED) is 0.447. The molecule has 0 unspecified atom stereocenters. The molecule has 0 aromatic heterocycles. The van der Waals surface area contributed by atoms with E-state index >= 15 is 0 Å². The molecule has 1 aromatic rings. The zero-order valence-corrected chi connectivity index (χ0v) is 14.8. The van der Waals surface area contributed by atoms with Gasteiger partial charge in [0.05, 0.1) is 11.8 Å². The molecule has 136 valence electrons. The van der Waals surface area contributed by atoms with Gasteiger partial charge >= 0.3 is 5.97 Å². The molecule has 6 nitrogen and oxygen atoms in total. The van der Waals surface area contributed by atoms with Gasteiger partial charge in [0.1, 0.15) is 6.54 Å². The highest BCUT2D eigenvalue weighted by Gasteiger charge is 2.61. The first-order chi connectivity index (χ1) is 12.5. The molecule has 7 heteroatoms. The van der Waals surface area contributed by atoms with Crippen molar-refractivity contribution in [3.63, 3.8) is 0 Å². The third kappa shape index (κ3) is 2.82. The summed E-state index contributed by atoms with van der Waals surface area (Å²) in [7, 11) is 0. The number of carbonyl (C=O) groups is 4.